The number of hydrogen-bond donors (Lipinski definition) is 1. The van der Waals surface area contributed by atoms with E-state index in [1.165, 1.54) is 71.1 Å². The highest BCUT2D eigenvalue weighted by Gasteiger charge is 2.36. The van der Waals surface area contributed by atoms with Gasteiger partial charge in [-0.3, -0.25) is 0 Å². The maximum atomic E-state index is 3.75. The van der Waals surface area contributed by atoms with E-state index in [1.54, 1.807) is 0 Å². The van der Waals surface area contributed by atoms with Gasteiger partial charge in [-0.15, -0.1) is 0 Å². The minimum atomic E-state index is 0.538. The van der Waals surface area contributed by atoms with E-state index in [1.807, 2.05) is 0 Å². The zero-order valence-electron chi connectivity index (χ0n) is 15.0. The molecule has 2 saturated carbocycles. The highest BCUT2D eigenvalue weighted by Crippen LogP contribution is 2.40. The van der Waals surface area contributed by atoms with Crippen molar-refractivity contribution in [3.63, 3.8) is 0 Å². The summed E-state index contributed by atoms with van der Waals surface area (Å²) in [6.45, 7) is 14.5. The van der Waals surface area contributed by atoms with Crippen LogP contribution in [-0.2, 0) is 0 Å². The van der Waals surface area contributed by atoms with Crippen molar-refractivity contribution in [2.75, 3.05) is 26.2 Å². The van der Waals surface area contributed by atoms with E-state index in [9.17, 15) is 0 Å². The highest BCUT2D eigenvalue weighted by atomic mass is 15.1. The molecule has 0 radical (unpaired) electrons. The second-order valence-corrected chi connectivity index (χ2v) is 8.34. The Morgan fingerprint density at radius 3 is 2.29 bits per heavy atom. The van der Waals surface area contributed by atoms with Gasteiger partial charge in [0.15, 0.2) is 0 Å². The van der Waals surface area contributed by atoms with Gasteiger partial charge in [0.05, 0.1) is 0 Å². The van der Waals surface area contributed by atoms with Crippen molar-refractivity contribution in [3.8, 4) is 0 Å². The zero-order valence-corrected chi connectivity index (χ0v) is 15.0. The Morgan fingerprint density at radius 2 is 1.81 bits per heavy atom. The normalized spacial score (nSPS) is 30.9. The Balaban J connectivity index is 1.92. The molecule has 0 atom stereocenters. The smallest absolute Gasteiger partial charge is 0.00501 e. The molecular formula is C19H38N2. The summed E-state index contributed by atoms with van der Waals surface area (Å²) in [6.07, 6.45) is 10.1. The van der Waals surface area contributed by atoms with Gasteiger partial charge < -0.3 is 10.2 Å². The number of rotatable bonds is 8. The molecule has 0 amide bonds. The van der Waals surface area contributed by atoms with Gasteiger partial charge >= 0.3 is 0 Å². The molecule has 0 aromatic carbocycles. The van der Waals surface area contributed by atoms with Crippen LogP contribution < -0.4 is 5.32 Å². The van der Waals surface area contributed by atoms with E-state index in [0.29, 0.717) is 11.5 Å². The van der Waals surface area contributed by atoms with Crippen molar-refractivity contribution in [2.24, 2.45) is 17.3 Å². The first kappa shape index (κ1) is 17.3. The highest BCUT2D eigenvalue weighted by molar-refractivity contribution is 4.90. The maximum Gasteiger partial charge on any atom is 0.00501 e. The summed E-state index contributed by atoms with van der Waals surface area (Å²) in [5.74, 6) is 1.95. The van der Waals surface area contributed by atoms with Crippen molar-refractivity contribution in [1.82, 2.24) is 10.2 Å². The molecule has 21 heavy (non-hydrogen) atoms. The summed E-state index contributed by atoms with van der Waals surface area (Å²) in [5, 5.41) is 3.75. The van der Waals surface area contributed by atoms with Crippen molar-refractivity contribution < 1.29 is 0 Å². The lowest BCUT2D eigenvalue weighted by Crippen LogP contribution is -2.48. The van der Waals surface area contributed by atoms with E-state index in [0.717, 1.165) is 11.8 Å². The molecule has 124 valence electrons. The third-order valence-electron chi connectivity index (χ3n) is 5.97. The Bertz CT molecular complexity index is 288. The fourth-order valence-electron chi connectivity index (χ4n) is 4.01. The third-order valence-corrected chi connectivity index (χ3v) is 5.97. The fourth-order valence-corrected chi connectivity index (χ4v) is 4.01. The monoisotopic (exact) mass is 294 g/mol. The SMILES string of the molecule is CCN(CC1CCC1)CC1(CNC(C)C)CCC(C)CC1. The zero-order chi connectivity index (χ0) is 15.3. The van der Waals surface area contributed by atoms with Gasteiger partial charge in [-0.05, 0) is 49.5 Å². The second-order valence-electron chi connectivity index (χ2n) is 8.34. The molecule has 2 heteroatoms. The summed E-state index contributed by atoms with van der Waals surface area (Å²) < 4.78 is 0. The predicted molar refractivity (Wildman–Crippen MR) is 92.7 cm³/mol. The van der Waals surface area contributed by atoms with Gasteiger partial charge in [-0.2, -0.15) is 0 Å². The van der Waals surface area contributed by atoms with Gasteiger partial charge in [-0.1, -0.05) is 47.0 Å². The quantitative estimate of drug-likeness (QED) is 0.718. The summed E-state index contributed by atoms with van der Waals surface area (Å²) in [4.78, 5) is 2.77. The predicted octanol–water partition coefficient (Wildman–Crippen LogP) is 4.30. The molecule has 0 aromatic rings. The van der Waals surface area contributed by atoms with Crippen LogP contribution in [0.25, 0.3) is 0 Å². The van der Waals surface area contributed by atoms with Crippen molar-refractivity contribution >= 4 is 0 Å². The average Bonchev–Trinajstić information content (AvgIpc) is 2.42. The second kappa shape index (κ2) is 7.97. The molecule has 0 heterocycles. The van der Waals surface area contributed by atoms with E-state index < -0.39 is 0 Å². The van der Waals surface area contributed by atoms with Crippen LogP contribution in [0.3, 0.4) is 0 Å². The van der Waals surface area contributed by atoms with Crippen LogP contribution in [-0.4, -0.2) is 37.1 Å². The lowest BCUT2D eigenvalue weighted by molar-refractivity contribution is 0.0694. The molecule has 1 N–H and O–H groups in total. The Hall–Kier alpha value is -0.0800. The van der Waals surface area contributed by atoms with Crippen LogP contribution in [0.1, 0.15) is 72.6 Å². The molecule has 2 nitrogen and oxygen atoms in total. The van der Waals surface area contributed by atoms with Crippen molar-refractivity contribution in [1.29, 1.82) is 0 Å². The first-order valence-corrected chi connectivity index (χ1v) is 9.49. The van der Waals surface area contributed by atoms with Crippen LogP contribution in [0.4, 0.5) is 0 Å². The summed E-state index contributed by atoms with van der Waals surface area (Å²) in [6, 6.07) is 0.614. The lowest BCUT2D eigenvalue weighted by atomic mass is 9.70. The molecule has 2 rings (SSSR count). The molecule has 0 bridgehead atoms. The average molecular weight is 295 g/mol. The standard InChI is InChI=1S/C19H38N2/c1-5-21(13-18-7-6-8-18)15-19(14-20-16(2)3)11-9-17(4)10-12-19/h16-18,20H,5-15H2,1-4H3. The summed E-state index contributed by atoms with van der Waals surface area (Å²) >= 11 is 0. The van der Waals surface area contributed by atoms with Crippen LogP contribution in [0, 0.1) is 17.3 Å². The van der Waals surface area contributed by atoms with Crippen LogP contribution in [0.15, 0.2) is 0 Å². The van der Waals surface area contributed by atoms with Gasteiger partial charge in [0.1, 0.15) is 0 Å². The largest absolute Gasteiger partial charge is 0.314 e. The number of nitrogens with zero attached hydrogens (tertiary/aromatic N) is 1. The van der Waals surface area contributed by atoms with Crippen LogP contribution in [0.2, 0.25) is 0 Å². The molecule has 2 fully saturated rings. The summed E-state index contributed by atoms with van der Waals surface area (Å²) in [7, 11) is 0. The Labute approximate surface area is 133 Å². The van der Waals surface area contributed by atoms with Crippen molar-refractivity contribution in [3.05, 3.63) is 0 Å². The molecule has 0 aliphatic heterocycles. The first-order valence-electron chi connectivity index (χ1n) is 9.49. The van der Waals surface area contributed by atoms with Gasteiger partial charge in [0, 0.05) is 25.7 Å². The van der Waals surface area contributed by atoms with Gasteiger partial charge in [-0.25, -0.2) is 0 Å². The first-order chi connectivity index (χ1) is 10.0. The molecule has 0 spiro atoms. The Kier molecular flexibility index (Phi) is 6.55. The minimum absolute atomic E-state index is 0.538. The topological polar surface area (TPSA) is 15.3 Å². The van der Waals surface area contributed by atoms with E-state index >= 15 is 0 Å². The van der Waals surface area contributed by atoms with Crippen LogP contribution in [0.5, 0.6) is 0 Å². The van der Waals surface area contributed by atoms with E-state index in [2.05, 4.69) is 37.9 Å². The molecule has 2 aliphatic carbocycles. The van der Waals surface area contributed by atoms with Gasteiger partial charge in [0.2, 0.25) is 0 Å². The van der Waals surface area contributed by atoms with Crippen molar-refractivity contribution in [2.45, 2.75) is 78.7 Å². The third kappa shape index (κ3) is 5.25. The Morgan fingerprint density at radius 1 is 1.14 bits per heavy atom. The number of nitrogens with one attached hydrogen (secondary N) is 1. The van der Waals surface area contributed by atoms with E-state index in [4.69, 9.17) is 0 Å². The molecule has 0 aromatic heterocycles. The fraction of sp³-hybridized carbons (Fsp3) is 1.00. The van der Waals surface area contributed by atoms with E-state index in [-0.39, 0.29) is 0 Å². The lowest BCUT2D eigenvalue weighted by Gasteiger charge is -2.44. The molecule has 2 aliphatic rings. The summed E-state index contributed by atoms with van der Waals surface area (Å²) in [5.41, 5.74) is 0.538. The maximum absolute atomic E-state index is 3.75. The molecule has 0 saturated heterocycles. The van der Waals surface area contributed by atoms with Crippen LogP contribution >= 0.6 is 0 Å². The minimum Gasteiger partial charge on any atom is -0.314 e. The van der Waals surface area contributed by atoms with Gasteiger partial charge in [0.25, 0.3) is 0 Å². The molecular weight excluding hydrogens is 256 g/mol. The number of hydrogen-bond acceptors (Lipinski definition) is 2. The molecule has 0 unspecified atom stereocenters.